The first-order valence-electron chi connectivity index (χ1n) is 6.55. The van der Waals surface area contributed by atoms with Gasteiger partial charge in [-0.05, 0) is 39.2 Å². The van der Waals surface area contributed by atoms with E-state index in [1.165, 1.54) is 60.6 Å². The second-order valence-corrected chi connectivity index (χ2v) is 6.19. The topological polar surface area (TPSA) is 24.9 Å². The summed E-state index contributed by atoms with van der Waals surface area (Å²) >= 11 is 1.98. The fourth-order valence-corrected chi connectivity index (χ4v) is 4.01. The molecule has 1 unspecified atom stereocenters. The summed E-state index contributed by atoms with van der Waals surface area (Å²) in [5.41, 5.74) is 1.28. The van der Waals surface area contributed by atoms with Crippen molar-refractivity contribution < 1.29 is 0 Å². The van der Waals surface area contributed by atoms with Crippen LogP contribution in [0.25, 0.3) is 0 Å². The van der Waals surface area contributed by atoms with Crippen LogP contribution in [0.5, 0.6) is 0 Å². The van der Waals surface area contributed by atoms with Gasteiger partial charge in [-0.2, -0.15) is 0 Å². The monoisotopic (exact) mass is 236 g/mol. The SMILES string of the molecule is Cc1nc(C2CCC2)sc1C1CCCCN1. The van der Waals surface area contributed by atoms with Crippen LogP contribution in [-0.4, -0.2) is 11.5 Å². The van der Waals surface area contributed by atoms with Crippen LogP contribution in [0.3, 0.4) is 0 Å². The van der Waals surface area contributed by atoms with Crippen molar-refractivity contribution in [1.29, 1.82) is 0 Å². The molecule has 1 aromatic heterocycles. The van der Waals surface area contributed by atoms with Gasteiger partial charge in [0.05, 0.1) is 10.7 Å². The molecular weight excluding hydrogens is 216 g/mol. The maximum atomic E-state index is 4.79. The van der Waals surface area contributed by atoms with Gasteiger partial charge >= 0.3 is 0 Å². The summed E-state index contributed by atoms with van der Waals surface area (Å²) in [6.45, 7) is 3.37. The van der Waals surface area contributed by atoms with E-state index in [1.807, 2.05) is 11.3 Å². The molecule has 1 saturated carbocycles. The second-order valence-electron chi connectivity index (χ2n) is 5.13. The van der Waals surface area contributed by atoms with Gasteiger partial charge in [0, 0.05) is 16.8 Å². The lowest BCUT2D eigenvalue weighted by Crippen LogP contribution is -2.26. The van der Waals surface area contributed by atoms with Crippen molar-refractivity contribution >= 4 is 11.3 Å². The summed E-state index contributed by atoms with van der Waals surface area (Å²) in [6, 6.07) is 0.597. The maximum absolute atomic E-state index is 4.79. The maximum Gasteiger partial charge on any atom is 0.0962 e. The Kier molecular flexibility index (Phi) is 2.99. The lowest BCUT2D eigenvalue weighted by atomic mass is 9.86. The molecule has 2 heterocycles. The first kappa shape index (κ1) is 10.7. The van der Waals surface area contributed by atoms with Gasteiger partial charge in [-0.15, -0.1) is 11.3 Å². The highest BCUT2D eigenvalue weighted by molar-refractivity contribution is 7.12. The highest BCUT2D eigenvalue weighted by Crippen LogP contribution is 2.41. The van der Waals surface area contributed by atoms with E-state index in [2.05, 4.69) is 12.2 Å². The number of thiazole rings is 1. The predicted molar refractivity (Wildman–Crippen MR) is 68.0 cm³/mol. The first-order chi connectivity index (χ1) is 7.84. The van der Waals surface area contributed by atoms with Crippen LogP contribution in [0, 0.1) is 6.92 Å². The largest absolute Gasteiger partial charge is 0.309 e. The van der Waals surface area contributed by atoms with Gasteiger partial charge in [-0.1, -0.05) is 12.8 Å². The minimum atomic E-state index is 0.597. The summed E-state index contributed by atoms with van der Waals surface area (Å²) in [6.07, 6.45) is 8.14. The zero-order valence-corrected chi connectivity index (χ0v) is 10.8. The first-order valence-corrected chi connectivity index (χ1v) is 7.37. The van der Waals surface area contributed by atoms with Crippen LogP contribution in [0.2, 0.25) is 0 Å². The molecule has 1 aromatic rings. The molecule has 88 valence electrons. The molecule has 0 aromatic carbocycles. The number of nitrogens with zero attached hydrogens (tertiary/aromatic N) is 1. The van der Waals surface area contributed by atoms with Gasteiger partial charge in [0.2, 0.25) is 0 Å². The van der Waals surface area contributed by atoms with Gasteiger partial charge < -0.3 is 5.32 Å². The van der Waals surface area contributed by atoms with Gasteiger partial charge in [-0.3, -0.25) is 0 Å². The van der Waals surface area contributed by atoms with Crippen molar-refractivity contribution in [2.24, 2.45) is 0 Å². The molecule has 0 radical (unpaired) electrons. The Morgan fingerprint density at radius 3 is 2.69 bits per heavy atom. The number of nitrogens with one attached hydrogen (secondary N) is 1. The van der Waals surface area contributed by atoms with E-state index in [0.29, 0.717) is 6.04 Å². The van der Waals surface area contributed by atoms with E-state index >= 15 is 0 Å². The quantitative estimate of drug-likeness (QED) is 0.849. The number of rotatable bonds is 2. The molecular formula is C13H20N2S. The average molecular weight is 236 g/mol. The zero-order chi connectivity index (χ0) is 11.0. The smallest absolute Gasteiger partial charge is 0.0962 e. The van der Waals surface area contributed by atoms with Crippen LogP contribution in [0.1, 0.15) is 66.1 Å². The van der Waals surface area contributed by atoms with Crippen molar-refractivity contribution in [2.75, 3.05) is 6.54 Å². The van der Waals surface area contributed by atoms with Crippen molar-refractivity contribution in [2.45, 2.75) is 57.4 Å². The highest BCUT2D eigenvalue weighted by Gasteiger charge is 2.26. The number of hydrogen-bond donors (Lipinski definition) is 1. The third kappa shape index (κ3) is 1.91. The summed E-state index contributed by atoms with van der Waals surface area (Å²) in [5.74, 6) is 0.793. The molecule has 2 aliphatic rings. The Labute approximate surface area is 101 Å². The fourth-order valence-electron chi connectivity index (χ4n) is 2.66. The number of aromatic nitrogens is 1. The normalized spacial score (nSPS) is 26.7. The molecule has 16 heavy (non-hydrogen) atoms. The van der Waals surface area contributed by atoms with Crippen LogP contribution in [0.4, 0.5) is 0 Å². The predicted octanol–water partition coefficient (Wildman–Crippen LogP) is 3.53. The Bertz CT molecular complexity index is 362. The van der Waals surface area contributed by atoms with Crippen LogP contribution < -0.4 is 5.32 Å². The van der Waals surface area contributed by atoms with Gasteiger partial charge in [0.1, 0.15) is 0 Å². The molecule has 1 aliphatic heterocycles. The van der Waals surface area contributed by atoms with E-state index in [-0.39, 0.29) is 0 Å². The van der Waals surface area contributed by atoms with E-state index in [9.17, 15) is 0 Å². The van der Waals surface area contributed by atoms with Crippen LogP contribution >= 0.6 is 11.3 Å². The minimum Gasteiger partial charge on any atom is -0.309 e. The van der Waals surface area contributed by atoms with Crippen molar-refractivity contribution in [3.05, 3.63) is 15.6 Å². The third-order valence-corrected chi connectivity index (χ3v) is 5.36. The van der Waals surface area contributed by atoms with Gasteiger partial charge in [-0.25, -0.2) is 4.98 Å². The van der Waals surface area contributed by atoms with Crippen molar-refractivity contribution in [3.8, 4) is 0 Å². The molecule has 2 nitrogen and oxygen atoms in total. The standard InChI is InChI=1S/C13H20N2S/c1-9-12(11-7-2-3-8-14-11)16-13(15-9)10-5-4-6-10/h10-11,14H,2-8H2,1H3. The van der Waals surface area contributed by atoms with Crippen LogP contribution in [-0.2, 0) is 0 Å². The zero-order valence-electron chi connectivity index (χ0n) is 9.96. The van der Waals surface area contributed by atoms with Gasteiger partial charge in [0.15, 0.2) is 0 Å². The van der Waals surface area contributed by atoms with Gasteiger partial charge in [0.25, 0.3) is 0 Å². The Hall–Kier alpha value is -0.410. The molecule has 0 amide bonds. The summed E-state index contributed by atoms with van der Waals surface area (Å²) in [7, 11) is 0. The third-order valence-electron chi connectivity index (χ3n) is 3.93. The minimum absolute atomic E-state index is 0.597. The molecule has 0 bridgehead atoms. The van der Waals surface area contributed by atoms with Crippen molar-refractivity contribution in [1.82, 2.24) is 10.3 Å². The van der Waals surface area contributed by atoms with E-state index in [4.69, 9.17) is 4.98 Å². The Balaban J connectivity index is 1.79. The van der Waals surface area contributed by atoms with Crippen molar-refractivity contribution in [3.63, 3.8) is 0 Å². The fraction of sp³-hybridized carbons (Fsp3) is 0.769. The lowest BCUT2D eigenvalue weighted by molar-refractivity contribution is 0.415. The van der Waals surface area contributed by atoms with E-state index in [1.54, 1.807) is 0 Å². The Morgan fingerprint density at radius 2 is 2.06 bits per heavy atom. The van der Waals surface area contributed by atoms with E-state index < -0.39 is 0 Å². The molecule has 0 spiro atoms. The second kappa shape index (κ2) is 4.46. The molecule has 1 aliphatic carbocycles. The molecule has 2 fully saturated rings. The van der Waals surface area contributed by atoms with E-state index in [0.717, 1.165) is 5.92 Å². The van der Waals surface area contributed by atoms with Crippen LogP contribution in [0.15, 0.2) is 0 Å². The summed E-state index contributed by atoms with van der Waals surface area (Å²) in [5, 5.41) is 5.04. The lowest BCUT2D eigenvalue weighted by Gasteiger charge is -2.23. The summed E-state index contributed by atoms with van der Waals surface area (Å²) < 4.78 is 0. The Morgan fingerprint density at radius 1 is 1.19 bits per heavy atom. The molecule has 3 rings (SSSR count). The molecule has 1 atom stereocenters. The molecule has 1 saturated heterocycles. The number of aryl methyl sites for hydroxylation is 1. The average Bonchev–Trinajstić information content (AvgIpc) is 2.59. The number of piperidine rings is 1. The number of hydrogen-bond acceptors (Lipinski definition) is 3. The molecule has 1 N–H and O–H groups in total. The molecule has 3 heteroatoms. The summed E-state index contributed by atoms with van der Waals surface area (Å²) in [4.78, 5) is 6.30. The highest BCUT2D eigenvalue weighted by atomic mass is 32.1.